The first-order valence-electron chi connectivity index (χ1n) is 6.68. The van der Waals surface area contributed by atoms with Crippen molar-refractivity contribution in [1.82, 2.24) is 9.78 Å². The van der Waals surface area contributed by atoms with E-state index < -0.39 is 6.10 Å². The molecule has 0 aliphatic rings. The molecule has 108 valence electrons. The summed E-state index contributed by atoms with van der Waals surface area (Å²) < 4.78 is 3.68. The summed E-state index contributed by atoms with van der Waals surface area (Å²) in [4.78, 5) is 0. The third-order valence-corrected chi connectivity index (χ3v) is 4.64. The van der Waals surface area contributed by atoms with E-state index in [0.29, 0.717) is 0 Å². The fourth-order valence-corrected chi connectivity index (χ4v) is 3.35. The van der Waals surface area contributed by atoms with Crippen LogP contribution in [0.4, 0.5) is 0 Å². The molecule has 0 saturated heterocycles. The molecule has 3 rings (SSSR count). The molecule has 1 heterocycles. The van der Waals surface area contributed by atoms with Crippen LogP contribution in [0.2, 0.25) is 0 Å². The highest BCUT2D eigenvalue weighted by molar-refractivity contribution is 9.10. The third-order valence-electron chi connectivity index (χ3n) is 3.53. The van der Waals surface area contributed by atoms with E-state index in [2.05, 4.69) is 43.0 Å². The van der Waals surface area contributed by atoms with Gasteiger partial charge in [-0.05, 0) is 57.4 Å². The number of aliphatic hydroxyl groups is 1. The van der Waals surface area contributed by atoms with Crippen molar-refractivity contribution >= 4 is 42.6 Å². The van der Waals surface area contributed by atoms with E-state index in [1.54, 1.807) is 10.9 Å². The average molecular weight is 410 g/mol. The lowest BCUT2D eigenvalue weighted by Gasteiger charge is -2.14. The Bertz CT molecular complexity index is 798. The van der Waals surface area contributed by atoms with Gasteiger partial charge >= 0.3 is 0 Å². The van der Waals surface area contributed by atoms with E-state index in [1.807, 2.05) is 37.3 Å². The van der Waals surface area contributed by atoms with Gasteiger partial charge in [0.2, 0.25) is 0 Å². The zero-order valence-corrected chi connectivity index (χ0v) is 14.6. The molecule has 3 aromatic rings. The molecule has 1 N–H and O–H groups in total. The largest absolute Gasteiger partial charge is 0.382 e. The van der Waals surface area contributed by atoms with Crippen LogP contribution in [-0.4, -0.2) is 14.9 Å². The molecule has 21 heavy (non-hydrogen) atoms. The standard InChI is InChI=1S/C16H14Br2N2O/c1-2-20-15(14(18)9-19-20)16(21)12-4-3-11-8-13(17)6-5-10(11)7-12/h3-9,16,21H,2H2,1H3. The second-order valence-corrected chi connectivity index (χ2v) is 6.62. The maximum Gasteiger partial charge on any atom is 0.122 e. The summed E-state index contributed by atoms with van der Waals surface area (Å²) in [5.41, 5.74) is 1.65. The van der Waals surface area contributed by atoms with Gasteiger partial charge in [-0.1, -0.05) is 34.1 Å². The second kappa shape index (κ2) is 5.91. The number of benzene rings is 2. The zero-order valence-electron chi connectivity index (χ0n) is 11.4. The molecule has 0 radical (unpaired) electrons. The number of aliphatic hydroxyl groups excluding tert-OH is 1. The van der Waals surface area contributed by atoms with Gasteiger partial charge in [-0.25, -0.2) is 0 Å². The van der Waals surface area contributed by atoms with E-state index in [1.165, 1.54) is 0 Å². The van der Waals surface area contributed by atoms with Gasteiger partial charge in [0.25, 0.3) is 0 Å². The number of hydrogen-bond acceptors (Lipinski definition) is 2. The highest BCUT2D eigenvalue weighted by Crippen LogP contribution is 2.30. The predicted octanol–water partition coefficient (Wildman–Crippen LogP) is 4.66. The van der Waals surface area contributed by atoms with Crippen LogP contribution >= 0.6 is 31.9 Å². The van der Waals surface area contributed by atoms with Crippen LogP contribution in [0.3, 0.4) is 0 Å². The van der Waals surface area contributed by atoms with Crippen molar-refractivity contribution in [2.75, 3.05) is 0 Å². The van der Waals surface area contributed by atoms with Crippen molar-refractivity contribution in [3.05, 3.63) is 62.8 Å². The minimum absolute atomic E-state index is 0.699. The van der Waals surface area contributed by atoms with Crippen LogP contribution in [0.25, 0.3) is 10.8 Å². The zero-order chi connectivity index (χ0) is 15.0. The van der Waals surface area contributed by atoms with Crippen LogP contribution in [0.1, 0.15) is 24.3 Å². The predicted molar refractivity (Wildman–Crippen MR) is 91.3 cm³/mol. The number of aryl methyl sites for hydroxylation is 1. The molecule has 0 fully saturated rings. The molecular formula is C16H14Br2N2O. The number of nitrogens with zero attached hydrogens (tertiary/aromatic N) is 2. The summed E-state index contributed by atoms with van der Waals surface area (Å²) in [6.07, 6.45) is 1.02. The van der Waals surface area contributed by atoms with Gasteiger partial charge in [-0.15, -0.1) is 0 Å². The molecule has 0 amide bonds. The Labute approximate surface area is 139 Å². The maximum atomic E-state index is 10.7. The molecule has 0 bridgehead atoms. The normalized spacial score (nSPS) is 12.8. The van der Waals surface area contributed by atoms with Crippen molar-refractivity contribution in [1.29, 1.82) is 0 Å². The third kappa shape index (κ3) is 2.78. The molecule has 0 saturated carbocycles. The Morgan fingerprint density at radius 1 is 1.14 bits per heavy atom. The number of halogens is 2. The Hall–Kier alpha value is -1.17. The van der Waals surface area contributed by atoms with Crippen molar-refractivity contribution in [3.63, 3.8) is 0 Å². The Kier molecular flexibility index (Phi) is 4.15. The molecule has 0 aliphatic carbocycles. The average Bonchev–Trinajstić information content (AvgIpc) is 2.86. The van der Waals surface area contributed by atoms with Gasteiger partial charge < -0.3 is 5.11 Å². The molecule has 0 spiro atoms. The summed E-state index contributed by atoms with van der Waals surface area (Å²) in [7, 11) is 0. The van der Waals surface area contributed by atoms with E-state index in [4.69, 9.17) is 0 Å². The van der Waals surface area contributed by atoms with Gasteiger partial charge in [0.1, 0.15) is 6.10 Å². The number of hydrogen-bond donors (Lipinski definition) is 1. The molecule has 3 nitrogen and oxygen atoms in total. The molecule has 1 unspecified atom stereocenters. The van der Waals surface area contributed by atoms with E-state index in [-0.39, 0.29) is 0 Å². The van der Waals surface area contributed by atoms with Crippen LogP contribution < -0.4 is 0 Å². The summed E-state index contributed by atoms with van der Waals surface area (Å²) in [5, 5.41) is 17.2. The second-order valence-electron chi connectivity index (χ2n) is 4.85. The molecule has 2 aromatic carbocycles. The number of rotatable bonds is 3. The van der Waals surface area contributed by atoms with Crippen molar-refractivity contribution in [2.24, 2.45) is 0 Å². The maximum absolute atomic E-state index is 10.7. The van der Waals surface area contributed by atoms with Gasteiger partial charge in [0, 0.05) is 11.0 Å². The summed E-state index contributed by atoms with van der Waals surface area (Å²) in [6, 6.07) is 12.1. The molecular weight excluding hydrogens is 396 g/mol. The first-order valence-corrected chi connectivity index (χ1v) is 8.27. The number of fused-ring (bicyclic) bond motifs is 1. The summed E-state index contributed by atoms with van der Waals surface area (Å²) in [5.74, 6) is 0. The van der Waals surface area contributed by atoms with Crippen molar-refractivity contribution < 1.29 is 5.11 Å². The van der Waals surface area contributed by atoms with Crippen LogP contribution in [0.5, 0.6) is 0 Å². The summed E-state index contributed by atoms with van der Waals surface area (Å²) in [6.45, 7) is 2.73. The van der Waals surface area contributed by atoms with Crippen LogP contribution in [-0.2, 0) is 6.54 Å². The van der Waals surface area contributed by atoms with Gasteiger partial charge in [0.15, 0.2) is 0 Å². The van der Waals surface area contributed by atoms with Crippen molar-refractivity contribution in [3.8, 4) is 0 Å². The van der Waals surface area contributed by atoms with E-state index in [0.717, 1.165) is 37.5 Å². The first-order chi connectivity index (χ1) is 10.1. The Morgan fingerprint density at radius 3 is 2.62 bits per heavy atom. The summed E-state index contributed by atoms with van der Waals surface area (Å²) >= 11 is 6.94. The Balaban J connectivity index is 2.07. The first kappa shape index (κ1) is 14.8. The molecule has 5 heteroatoms. The fraction of sp³-hybridized carbons (Fsp3) is 0.188. The fourth-order valence-electron chi connectivity index (χ4n) is 2.46. The van der Waals surface area contributed by atoms with Crippen LogP contribution in [0.15, 0.2) is 51.5 Å². The quantitative estimate of drug-likeness (QED) is 0.682. The van der Waals surface area contributed by atoms with E-state index >= 15 is 0 Å². The van der Waals surface area contributed by atoms with Gasteiger partial charge in [-0.2, -0.15) is 5.10 Å². The molecule has 0 aliphatic heterocycles. The highest BCUT2D eigenvalue weighted by atomic mass is 79.9. The highest BCUT2D eigenvalue weighted by Gasteiger charge is 2.19. The van der Waals surface area contributed by atoms with Crippen LogP contribution in [0, 0.1) is 0 Å². The number of aromatic nitrogens is 2. The lowest BCUT2D eigenvalue weighted by molar-refractivity contribution is 0.207. The van der Waals surface area contributed by atoms with E-state index in [9.17, 15) is 5.11 Å². The van der Waals surface area contributed by atoms with Crippen molar-refractivity contribution in [2.45, 2.75) is 19.6 Å². The molecule has 1 aromatic heterocycles. The minimum atomic E-state index is -0.699. The van der Waals surface area contributed by atoms with Gasteiger partial charge in [0.05, 0.1) is 16.4 Å². The van der Waals surface area contributed by atoms with Gasteiger partial charge in [-0.3, -0.25) is 4.68 Å². The molecule has 1 atom stereocenters. The lowest BCUT2D eigenvalue weighted by Crippen LogP contribution is -2.09. The topological polar surface area (TPSA) is 38.0 Å². The Morgan fingerprint density at radius 2 is 1.86 bits per heavy atom. The smallest absolute Gasteiger partial charge is 0.122 e. The lowest BCUT2D eigenvalue weighted by atomic mass is 10.0. The SMILES string of the molecule is CCn1ncc(Br)c1C(O)c1ccc2cc(Br)ccc2c1. The monoisotopic (exact) mass is 408 g/mol. The minimum Gasteiger partial charge on any atom is -0.382 e.